The van der Waals surface area contributed by atoms with Gasteiger partial charge in [-0.3, -0.25) is 10.1 Å². The van der Waals surface area contributed by atoms with Gasteiger partial charge in [0, 0.05) is 22.5 Å². The predicted octanol–water partition coefficient (Wildman–Crippen LogP) is 2.34. The van der Waals surface area contributed by atoms with Crippen LogP contribution in [0, 0.1) is 6.92 Å². The van der Waals surface area contributed by atoms with Gasteiger partial charge in [-0.2, -0.15) is 0 Å². The number of thioether (sulfide) groups is 1. The Morgan fingerprint density at radius 1 is 1.53 bits per heavy atom. The van der Waals surface area contributed by atoms with Crippen molar-refractivity contribution < 1.29 is 9.21 Å². The number of halogens is 1. The fourth-order valence-electron chi connectivity index (χ4n) is 1.28. The summed E-state index contributed by atoms with van der Waals surface area (Å²) in [6, 6.07) is 5.19. The molecule has 2 aromatic rings. The second-order valence-electron chi connectivity index (χ2n) is 3.65. The molecule has 6 nitrogen and oxygen atoms in total. The number of aryl methyl sites for hydroxylation is 1. The van der Waals surface area contributed by atoms with Crippen molar-refractivity contribution in [2.75, 3.05) is 16.8 Å². The van der Waals surface area contributed by atoms with Gasteiger partial charge < -0.3 is 10.2 Å². The molecule has 0 bridgehead atoms. The third-order valence-electron chi connectivity index (χ3n) is 2.11. The van der Waals surface area contributed by atoms with E-state index in [0.717, 1.165) is 4.90 Å². The average Bonchev–Trinajstić information content (AvgIpc) is 2.76. The fraction of sp³-hybridized carbons (Fsp3) is 0.182. The van der Waals surface area contributed by atoms with E-state index in [9.17, 15) is 4.79 Å². The number of nitrogen functional groups attached to an aromatic ring is 1. The molecular formula is C11H11ClN4O2S. The van der Waals surface area contributed by atoms with E-state index >= 15 is 0 Å². The van der Waals surface area contributed by atoms with Crippen molar-refractivity contribution in [2.24, 2.45) is 0 Å². The van der Waals surface area contributed by atoms with Crippen molar-refractivity contribution in [3.05, 3.63) is 29.1 Å². The van der Waals surface area contributed by atoms with Crippen LogP contribution in [0.5, 0.6) is 0 Å². The van der Waals surface area contributed by atoms with Gasteiger partial charge in [-0.1, -0.05) is 16.7 Å². The molecule has 0 aliphatic carbocycles. The lowest BCUT2D eigenvalue weighted by molar-refractivity contribution is -0.113. The molecule has 2 rings (SSSR count). The number of nitrogens with zero attached hydrogens (tertiary/aromatic N) is 2. The molecule has 0 saturated carbocycles. The van der Waals surface area contributed by atoms with Gasteiger partial charge in [-0.25, -0.2) is 0 Å². The molecule has 0 radical (unpaired) electrons. The van der Waals surface area contributed by atoms with Crippen molar-refractivity contribution in [3.63, 3.8) is 0 Å². The van der Waals surface area contributed by atoms with Gasteiger partial charge in [0.1, 0.15) is 0 Å². The van der Waals surface area contributed by atoms with E-state index in [2.05, 4.69) is 15.5 Å². The van der Waals surface area contributed by atoms with Crippen LogP contribution in [0.15, 0.2) is 27.5 Å². The standard InChI is InChI=1S/C11H11ClN4O2S/c1-6-15-16-11(18-6)14-10(17)5-19-9-4-7(12)2-3-8(9)13/h2-4H,5,13H2,1H3,(H,14,16,17). The van der Waals surface area contributed by atoms with E-state index in [1.54, 1.807) is 25.1 Å². The van der Waals surface area contributed by atoms with Crippen molar-refractivity contribution >= 4 is 41.0 Å². The van der Waals surface area contributed by atoms with Crippen LogP contribution in [-0.2, 0) is 4.79 Å². The zero-order valence-electron chi connectivity index (χ0n) is 10.0. The highest BCUT2D eigenvalue weighted by atomic mass is 35.5. The predicted molar refractivity (Wildman–Crippen MR) is 74.3 cm³/mol. The van der Waals surface area contributed by atoms with Crippen LogP contribution >= 0.6 is 23.4 Å². The molecular weight excluding hydrogens is 288 g/mol. The van der Waals surface area contributed by atoms with Crippen molar-refractivity contribution in [3.8, 4) is 0 Å². The molecule has 8 heteroatoms. The molecule has 1 aromatic heterocycles. The van der Waals surface area contributed by atoms with Gasteiger partial charge in [0.2, 0.25) is 11.8 Å². The first-order valence-corrected chi connectivity index (χ1v) is 6.69. The third kappa shape index (κ3) is 3.87. The first-order chi connectivity index (χ1) is 9.04. The van der Waals surface area contributed by atoms with Gasteiger partial charge in [-0.05, 0) is 18.2 Å². The lowest BCUT2D eigenvalue weighted by Gasteiger charge is -2.05. The minimum Gasteiger partial charge on any atom is -0.408 e. The largest absolute Gasteiger partial charge is 0.408 e. The molecule has 1 aromatic carbocycles. The number of nitrogens with one attached hydrogen (secondary N) is 1. The Bertz CT molecular complexity index is 602. The van der Waals surface area contributed by atoms with E-state index in [4.69, 9.17) is 21.8 Å². The first-order valence-electron chi connectivity index (χ1n) is 5.32. The Labute approximate surface area is 118 Å². The molecule has 100 valence electrons. The number of rotatable bonds is 4. The monoisotopic (exact) mass is 298 g/mol. The highest BCUT2D eigenvalue weighted by Crippen LogP contribution is 2.28. The van der Waals surface area contributed by atoms with Crippen LogP contribution in [0.2, 0.25) is 5.02 Å². The maximum Gasteiger partial charge on any atom is 0.322 e. The number of carbonyl (C=O) groups excluding carboxylic acids is 1. The second-order valence-corrected chi connectivity index (χ2v) is 5.10. The van der Waals surface area contributed by atoms with E-state index in [1.807, 2.05) is 0 Å². The highest BCUT2D eigenvalue weighted by Gasteiger charge is 2.09. The molecule has 19 heavy (non-hydrogen) atoms. The Morgan fingerprint density at radius 3 is 3.00 bits per heavy atom. The second kappa shape index (κ2) is 5.94. The van der Waals surface area contributed by atoms with E-state index in [-0.39, 0.29) is 17.7 Å². The van der Waals surface area contributed by atoms with Crippen molar-refractivity contribution in [1.29, 1.82) is 0 Å². The number of carbonyl (C=O) groups is 1. The zero-order valence-corrected chi connectivity index (χ0v) is 11.6. The molecule has 3 N–H and O–H groups in total. The maximum absolute atomic E-state index is 11.7. The highest BCUT2D eigenvalue weighted by molar-refractivity contribution is 8.00. The summed E-state index contributed by atoms with van der Waals surface area (Å²) < 4.78 is 5.04. The van der Waals surface area contributed by atoms with Crippen molar-refractivity contribution in [1.82, 2.24) is 10.2 Å². The Kier molecular flexibility index (Phi) is 4.28. The number of hydrogen-bond donors (Lipinski definition) is 2. The average molecular weight is 299 g/mol. The van der Waals surface area contributed by atoms with Crippen molar-refractivity contribution in [2.45, 2.75) is 11.8 Å². The quantitative estimate of drug-likeness (QED) is 0.664. The molecule has 0 atom stereocenters. The number of anilines is 2. The first kappa shape index (κ1) is 13.7. The zero-order chi connectivity index (χ0) is 13.8. The van der Waals surface area contributed by atoms with Gasteiger partial charge in [0.05, 0.1) is 5.75 Å². The Balaban J connectivity index is 1.91. The van der Waals surface area contributed by atoms with Crippen LogP contribution in [-0.4, -0.2) is 21.9 Å². The van der Waals surface area contributed by atoms with Crippen LogP contribution in [0.4, 0.5) is 11.7 Å². The number of benzene rings is 1. The van der Waals surface area contributed by atoms with Crippen LogP contribution in [0.1, 0.15) is 5.89 Å². The molecule has 0 unspecified atom stereocenters. The van der Waals surface area contributed by atoms with E-state index in [1.165, 1.54) is 11.8 Å². The Hall–Kier alpha value is -1.73. The summed E-state index contributed by atoms with van der Waals surface area (Å²) in [4.78, 5) is 12.4. The van der Waals surface area contributed by atoms with Gasteiger partial charge in [0.25, 0.3) is 0 Å². The van der Waals surface area contributed by atoms with Gasteiger partial charge in [-0.15, -0.1) is 16.9 Å². The smallest absolute Gasteiger partial charge is 0.322 e. The minimum atomic E-state index is -0.256. The van der Waals surface area contributed by atoms with Crippen LogP contribution in [0.3, 0.4) is 0 Å². The van der Waals surface area contributed by atoms with Crippen LogP contribution < -0.4 is 11.1 Å². The molecule has 0 spiro atoms. The number of aromatic nitrogens is 2. The van der Waals surface area contributed by atoms with Crippen LogP contribution in [0.25, 0.3) is 0 Å². The van der Waals surface area contributed by atoms with E-state index < -0.39 is 0 Å². The SMILES string of the molecule is Cc1nnc(NC(=O)CSc2cc(Cl)ccc2N)o1. The fourth-order valence-corrected chi connectivity index (χ4v) is 2.32. The molecule has 0 aliphatic heterocycles. The topological polar surface area (TPSA) is 94.0 Å². The number of hydrogen-bond acceptors (Lipinski definition) is 6. The van der Waals surface area contributed by atoms with Gasteiger partial charge >= 0.3 is 6.01 Å². The molecule has 0 fully saturated rings. The molecule has 0 aliphatic rings. The summed E-state index contributed by atoms with van der Waals surface area (Å²) in [5.41, 5.74) is 6.36. The summed E-state index contributed by atoms with van der Waals surface area (Å²) in [7, 11) is 0. The van der Waals surface area contributed by atoms with Gasteiger partial charge in [0.15, 0.2) is 0 Å². The lowest BCUT2D eigenvalue weighted by Crippen LogP contribution is -2.14. The summed E-state index contributed by atoms with van der Waals surface area (Å²) in [6.45, 7) is 1.64. The molecule has 1 heterocycles. The molecule has 1 amide bonds. The number of amides is 1. The maximum atomic E-state index is 11.7. The normalized spacial score (nSPS) is 10.4. The lowest BCUT2D eigenvalue weighted by atomic mass is 10.3. The summed E-state index contributed by atoms with van der Waals surface area (Å²) >= 11 is 7.15. The minimum absolute atomic E-state index is 0.0853. The summed E-state index contributed by atoms with van der Waals surface area (Å²) in [6.07, 6.45) is 0. The summed E-state index contributed by atoms with van der Waals surface area (Å²) in [5.74, 6) is 0.307. The third-order valence-corrected chi connectivity index (χ3v) is 3.41. The number of nitrogens with two attached hydrogens (primary N) is 1. The Morgan fingerprint density at radius 2 is 2.32 bits per heavy atom. The summed E-state index contributed by atoms with van der Waals surface area (Å²) in [5, 5.41) is 10.3. The van der Waals surface area contributed by atoms with E-state index in [0.29, 0.717) is 16.6 Å². The molecule has 0 saturated heterocycles.